The van der Waals surface area contributed by atoms with Crippen LogP contribution in [0.15, 0.2) is 0 Å². The zero-order chi connectivity index (χ0) is 12.1. The van der Waals surface area contributed by atoms with Gasteiger partial charge in [0.25, 0.3) is 0 Å². The molecule has 16 heavy (non-hydrogen) atoms. The molecular weight excluding hydrogens is 232 g/mol. The van der Waals surface area contributed by atoms with E-state index in [2.05, 4.69) is 20.3 Å². The Morgan fingerprint density at radius 2 is 2.06 bits per heavy atom. The fourth-order valence-electron chi connectivity index (χ4n) is 0.992. The fourth-order valence-corrected chi connectivity index (χ4v) is 1.14. The largest absolute Gasteiger partial charge is 0.467 e. The molecule has 0 spiro atoms. The molecule has 0 saturated carbocycles. The maximum atomic E-state index is 8.99. The summed E-state index contributed by atoms with van der Waals surface area (Å²) in [5, 5.41) is 12.1. The van der Waals surface area contributed by atoms with E-state index in [1.807, 2.05) is 13.8 Å². The van der Waals surface area contributed by atoms with Gasteiger partial charge < -0.3 is 15.2 Å². The van der Waals surface area contributed by atoms with Gasteiger partial charge in [-0.1, -0.05) is 6.92 Å². The van der Waals surface area contributed by atoms with E-state index in [0.717, 1.165) is 0 Å². The Hall–Kier alpha value is -1.14. The molecule has 0 aromatic carbocycles. The summed E-state index contributed by atoms with van der Waals surface area (Å²) in [5.41, 5.74) is 0. The lowest BCUT2D eigenvalue weighted by molar-refractivity contribution is 0.226. The molecule has 0 saturated heterocycles. The fraction of sp³-hybridized carbons (Fsp3) is 0.667. The second-order valence-electron chi connectivity index (χ2n) is 3.51. The molecule has 0 aliphatic heterocycles. The Kier molecular flexibility index (Phi) is 4.70. The van der Waals surface area contributed by atoms with Crippen molar-refractivity contribution in [1.82, 2.24) is 15.0 Å². The Balaban J connectivity index is 2.76. The highest BCUT2D eigenvalue weighted by Gasteiger charge is 2.13. The van der Waals surface area contributed by atoms with Crippen molar-refractivity contribution in [3.63, 3.8) is 0 Å². The predicted octanol–water partition coefficient (Wildman–Crippen LogP) is 0.962. The highest BCUT2D eigenvalue weighted by atomic mass is 35.5. The van der Waals surface area contributed by atoms with Crippen LogP contribution < -0.4 is 10.1 Å². The van der Waals surface area contributed by atoms with Crippen molar-refractivity contribution in [2.75, 3.05) is 19.0 Å². The minimum atomic E-state index is 0.0215. The summed E-state index contributed by atoms with van der Waals surface area (Å²) in [6, 6.07) is 0.180. The Morgan fingerprint density at radius 1 is 1.38 bits per heavy atom. The van der Waals surface area contributed by atoms with E-state index < -0.39 is 0 Å². The molecule has 0 aliphatic carbocycles. The van der Waals surface area contributed by atoms with Gasteiger partial charge in [-0.2, -0.15) is 15.0 Å². The molecule has 90 valence electrons. The van der Waals surface area contributed by atoms with Crippen LogP contribution in [-0.4, -0.2) is 39.8 Å². The van der Waals surface area contributed by atoms with E-state index in [-0.39, 0.29) is 29.9 Å². The van der Waals surface area contributed by atoms with Gasteiger partial charge in [-0.3, -0.25) is 0 Å². The van der Waals surface area contributed by atoms with Crippen LogP contribution in [0.3, 0.4) is 0 Å². The number of aromatic nitrogens is 3. The summed E-state index contributed by atoms with van der Waals surface area (Å²) in [7, 11) is 1.45. The highest BCUT2D eigenvalue weighted by Crippen LogP contribution is 2.13. The van der Waals surface area contributed by atoms with Crippen molar-refractivity contribution in [2.45, 2.75) is 19.9 Å². The number of hydrogen-bond acceptors (Lipinski definition) is 6. The van der Waals surface area contributed by atoms with Crippen LogP contribution >= 0.6 is 11.6 Å². The number of ether oxygens (including phenoxy) is 1. The van der Waals surface area contributed by atoms with E-state index in [4.69, 9.17) is 21.4 Å². The van der Waals surface area contributed by atoms with Crippen LogP contribution in [0.5, 0.6) is 6.01 Å². The zero-order valence-electron chi connectivity index (χ0n) is 9.44. The number of anilines is 1. The molecule has 1 aromatic rings. The Labute approximate surface area is 99.0 Å². The summed E-state index contributed by atoms with van der Waals surface area (Å²) in [6.07, 6.45) is 0. The maximum Gasteiger partial charge on any atom is 0.322 e. The summed E-state index contributed by atoms with van der Waals surface area (Å²) >= 11 is 5.69. The molecule has 2 N–H and O–H groups in total. The minimum Gasteiger partial charge on any atom is -0.467 e. The van der Waals surface area contributed by atoms with Gasteiger partial charge in [0, 0.05) is 12.6 Å². The molecule has 1 aromatic heterocycles. The topological polar surface area (TPSA) is 80.2 Å². The Bertz CT molecular complexity index is 350. The van der Waals surface area contributed by atoms with Gasteiger partial charge >= 0.3 is 6.01 Å². The van der Waals surface area contributed by atoms with E-state index in [1.165, 1.54) is 7.11 Å². The quantitative estimate of drug-likeness (QED) is 0.806. The van der Waals surface area contributed by atoms with Crippen molar-refractivity contribution in [1.29, 1.82) is 0 Å². The average Bonchev–Trinajstić information content (AvgIpc) is 2.26. The molecular formula is C9H15ClN4O2. The lowest BCUT2D eigenvalue weighted by atomic mass is 10.1. The van der Waals surface area contributed by atoms with Crippen LogP contribution in [0.2, 0.25) is 5.28 Å². The monoisotopic (exact) mass is 246 g/mol. The lowest BCUT2D eigenvalue weighted by Gasteiger charge is -2.19. The minimum absolute atomic E-state index is 0.0215. The molecule has 0 radical (unpaired) electrons. The van der Waals surface area contributed by atoms with E-state index in [9.17, 15) is 0 Å². The van der Waals surface area contributed by atoms with Crippen molar-refractivity contribution in [3.8, 4) is 6.01 Å². The van der Waals surface area contributed by atoms with Crippen molar-refractivity contribution >= 4 is 17.5 Å². The zero-order valence-corrected chi connectivity index (χ0v) is 10.2. The first-order valence-electron chi connectivity index (χ1n) is 4.89. The summed E-state index contributed by atoms with van der Waals surface area (Å²) < 4.78 is 4.87. The normalized spacial score (nSPS) is 14.3. The third-order valence-electron chi connectivity index (χ3n) is 2.27. The molecule has 0 bridgehead atoms. The number of nitrogens with zero attached hydrogens (tertiary/aromatic N) is 3. The van der Waals surface area contributed by atoms with Crippen molar-refractivity contribution in [2.24, 2.45) is 5.92 Å². The molecule has 2 atom stereocenters. The molecule has 1 heterocycles. The van der Waals surface area contributed by atoms with Crippen LogP contribution in [0.1, 0.15) is 13.8 Å². The second kappa shape index (κ2) is 5.81. The summed E-state index contributed by atoms with van der Waals surface area (Å²) in [4.78, 5) is 11.7. The standard InChI is InChI=1S/C9H15ClN4O2/c1-5(4-15)6(2)11-8-12-7(10)13-9(14-8)16-3/h5-6,15H,4H2,1-3H3,(H,11,12,13,14). The first-order valence-corrected chi connectivity index (χ1v) is 5.27. The SMILES string of the molecule is COc1nc(Cl)nc(NC(C)C(C)CO)n1. The average molecular weight is 247 g/mol. The third-order valence-corrected chi connectivity index (χ3v) is 2.44. The van der Waals surface area contributed by atoms with E-state index in [0.29, 0.717) is 5.95 Å². The number of rotatable bonds is 5. The smallest absolute Gasteiger partial charge is 0.322 e. The maximum absolute atomic E-state index is 8.99. The van der Waals surface area contributed by atoms with Gasteiger partial charge in [-0.05, 0) is 24.4 Å². The Morgan fingerprint density at radius 3 is 2.62 bits per heavy atom. The number of methoxy groups -OCH3 is 1. The highest BCUT2D eigenvalue weighted by molar-refractivity contribution is 6.28. The van der Waals surface area contributed by atoms with Gasteiger partial charge in [-0.25, -0.2) is 0 Å². The molecule has 7 heteroatoms. The van der Waals surface area contributed by atoms with Crippen LogP contribution in [0, 0.1) is 5.92 Å². The van der Waals surface area contributed by atoms with Gasteiger partial charge in [-0.15, -0.1) is 0 Å². The predicted molar refractivity (Wildman–Crippen MR) is 60.7 cm³/mol. The third kappa shape index (κ3) is 3.46. The van der Waals surface area contributed by atoms with Crippen molar-refractivity contribution in [3.05, 3.63) is 5.28 Å². The van der Waals surface area contributed by atoms with Crippen LogP contribution in [0.4, 0.5) is 5.95 Å². The number of aliphatic hydroxyl groups is 1. The second-order valence-corrected chi connectivity index (χ2v) is 3.85. The van der Waals surface area contributed by atoms with Crippen LogP contribution in [0.25, 0.3) is 0 Å². The van der Waals surface area contributed by atoms with E-state index in [1.54, 1.807) is 0 Å². The number of nitrogens with one attached hydrogen (secondary N) is 1. The number of hydrogen-bond donors (Lipinski definition) is 2. The van der Waals surface area contributed by atoms with E-state index >= 15 is 0 Å². The molecule has 1 rings (SSSR count). The van der Waals surface area contributed by atoms with Gasteiger partial charge in [0.05, 0.1) is 7.11 Å². The summed E-state index contributed by atoms with van der Waals surface area (Å²) in [6.45, 7) is 3.92. The van der Waals surface area contributed by atoms with Gasteiger partial charge in [0.2, 0.25) is 11.2 Å². The molecule has 0 aliphatic rings. The summed E-state index contributed by atoms with van der Waals surface area (Å²) in [5.74, 6) is 0.422. The lowest BCUT2D eigenvalue weighted by Crippen LogP contribution is -2.27. The number of aliphatic hydroxyl groups excluding tert-OH is 1. The number of halogens is 1. The molecule has 0 amide bonds. The molecule has 2 unspecified atom stereocenters. The first-order chi connectivity index (χ1) is 7.56. The van der Waals surface area contributed by atoms with Gasteiger partial charge in [0.1, 0.15) is 0 Å². The molecule has 0 fully saturated rings. The first kappa shape index (κ1) is 12.9. The molecule has 6 nitrogen and oxygen atoms in total. The van der Waals surface area contributed by atoms with Gasteiger partial charge in [0.15, 0.2) is 0 Å². The van der Waals surface area contributed by atoms with Crippen LogP contribution in [-0.2, 0) is 0 Å². The van der Waals surface area contributed by atoms with Crippen molar-refractivity contribution < 1.29 is 9.84 Å².